The molecule has 0 aliphatic carbocycles. The molecule has 11 aromatic rings. The number of nitrogens with zero attached hydrogens (tertiary/aromatic N) is 3. The molecule has 0 amide bonds. The van der Waals surface area contributed by atoms with Crippen LogP contribution in [0.2, 0.25) is 0 Å². The number of rotatable bonds is 6. The first kappa shape index (κ1) is 32.2. The van der Waals surface area contributed by atoms with E-state index < -0.39 is 0 Å². The number of hydrogen-bond donors (Lipinski definition) is 0. The van der Waals surface area contributed by atoms with Crippen molar-refractivity contribution in [3.05, 3.63) is 188 Å². The molecule has 7 aromatic carbocycles. The molecule has 4 aromatic heterocycles. The Labute approximate surface area is 327 Å². The highest BCUT2D eigenvalue weighted by atomic mass is 32.1. The Balaban J connectivity index is 1.01. The van der Waals surface area contributed by atoms with Gasteiger partial charge in [0.25, 0.3) is 0 Å². The molecular formula is C51H31N3OS. The van der Waals surface area contributed by atoms with Gasteiger partial charge in [0.2, 0.25) is 0 Å². The summed E-state index contributed by atoms with van der Waals surface area (Å²) in [6.45, 7) is 0. The molecule has 0 saturated heterocycles. The minimum absolute atomic E-state index is 0.689. The van der Waals surface area contributed by atoms with E-state index in [0.717, 1.165) is 83.4 Å². The molecule has 0 fully saturated rings. The molecule has 0 saturated carbocycles. The van der Waals surface area contributed by atoms with Crippen molar-refractivity contribution in [2.45, 2.75) is 0 Å². The molecule has 0 atom stereocenters. The van der Waals surface area contributed by atoms with E-state index in [0.29, 0.717) is 5.82 Å². The van der Waals surface area contributed by atoms with Crippen LogP contribution in [0.25, 0.3) is 109 Å². The molecule has 0 spiro atoms. The minimum atomic E-state index is 0.689. The second-order valence-electron chi connectivity index (χ2n) is 14.0. The van der Waals surface area contributed by atoms with Gasteiger partial charge in [-0.15, -0.1) is 11.3 Å². The van der Waals surface area contributed by atoms with Gasteiger partial charge >= 0.3 is 0 Å². The van der Waals surface area contributed by atoms with Gasteiger partial charge in [-0.1, -0.05) is 133 Å². The van der Waals surface area contributed by atoms with Crippen molar-refractivity contribution < 1.29 is 4.42 Å². The van der Waals surface area contributed by atoms with Crippen LogP contribution in [0.3, 0.4) is 0 Å². The fourth-order valence-electron chi connectivity index (χ4n) is 7.84. The zero-order chi connectivity index (χ0) is 37.0. The van der Waals surface area contributed by atoms with Crippen molar-refractivity contribution in [3.8, 4) is 67.3 Å². The van der Waals surface area contributed by atoms with Crippen molar-refractivity contribution in [2.24, 2.45) is 0 Å². The molecule has 56 heavy (non-hydrogen) atoms. The Hall–Kier alpha value is -7.21. The average molecular weight is 734 g/mol. The fourth-order valence-corrected chi connectivity index (χ4v) is 8.92. The van der Waals surface area contributed by atoms with Gasteiger partial charge in [0.15, 0.2) is 5.82 Å². The molecule has 5 heteroatoms. The van der Waals surface area contributed by atoms with Crippen LogP contribution in [0.4, 0.5) is 0 Å². The van der Waals surface area contributed by atoms with Crippen LogP contribution >= 0.6 is 11.3 Å². The van der Waals surface area contributed by atoms with Crippen molar-refractivity contribution >= 4 is 53.4 Å². The van der Waals surface area contributed by atoms with Crippen LogP contribution in [0.15, 0.2) is 193 Å². The van der Waals surface area contributed by atoms with Crippen LogP contribution in [0, 0.1) is 0 Å². The Morgan fingerprint density at radius 2 is 1.04 bits per heavy atom. The number of aromatic nitrogens is 3. The third-order valence-corrected chi connectivity index (χ3v) is 11.8. The van der Waals surface area contributed by atoms with Gasteiger partial charge in [-0.25, -0.2) is 9.97 Å². The zero-order valence-corrected chi connectivity index (χ0v) is 30.9. The second-order valence-corrected chi connectivity index (χ2v) is 15.1. The molecule has 0 N–H and O–H groups in total. The predicted molar refractivity (Wildman–Crippen MR) is 233 cm³/mol. The lowest BCUT2D eigenvalue weighted by atomic mass is 9.93. The first-order valence-electron chi connectivity index (χ1n) is 18.7. The van der Waals surface area contributed by atoms with Gasteiger partial charge in [-0.2, -0.15) is 0 Å². The van der Waals surface area contributed by atoms with Crippen LogP contribution in [0.5, 0.6) is 0 Å². The Bertz CT molecular complexity index is 3220. The number of para-hydroxylation sites is 1. The highest BCUT2D eigenvalue weighted by Crippen LogP contribution is 2.44. The van der Waals surface area contributed by atoms with E-state index in [1.807, 2.05) is 47.9 Å². The predicted octanol–water partition coefficient (Wildman–Crippen LogP) is 14.1. The highest BCUT2D eigenvalue weighted by Gasteiger charge is 2.19. The maximum atomic E-state index is 6.70. The summed E-state index contributed by atoms with van der Waals surface area (Å²) in [5, 5.41) is 4.79. The summed E-state index contributed by atoms with van der Waals surface area (Å²) in [5.74, 6) is 0.689. The summed E-state index contributed by atoms with van der Waals surface area (Å²) in [6, 6.07) is 61.8. The van der Waals surface area contributed by atoms with E-state index in [-0.39, 0.29) is 0 Å². The molecular weight excluding hydrogens is 703 g/mol. The first-order chi connectivity index (χ1) is 27.7. The van der Waals surface area contributed by atoms with Gasteiger partial charge in [0.1, 0.15) is 11.2 Å². The van der Waals surface area contributed by atoms with E-state index in [1.165, 1.54) is 20.2 Å². The number of thiophene rings is 1. The lowest BCUT2D eigenvalue weighted by Crippen LogP contribution is -1.96. The number of fused-ring (bicyclic) bond motifs is 6. The summed E-state index contributed by atoms with van der Waals surface area (Å²) in [5.41, 5.74) is 13.2. The van der Waals surface area contributed by atoms with E-state index in [9.17, 15) is 0 Å². The van der Waals surface area contributed by atoms with Gasteiger partial charge in [-0.05, 0) is 70.3 Å². The standard InChI is InChI=1S/C51H31N3OS/c1-2-9-36(10-3-1)51-53-44(34-20-16-32(17-21-34)38-11-8-28-52-31-38)30-45(54-51)35-22-18-33(19-23-35)39-25-26-40(50-49(39)42-13-4-6-14-46(42)55-50)37-24-27-48-43(29-37)41-12-5-7-15-47(41)56-48/h1-31H. The molecule has 0 aliphatic rings. The van der Waals surface area contributed by atoms with E-state index in [2.05, 4.69) is 151 Å². The normalized spacial score (nSPS) is 11.6. The van der Waals surface area contributed by atoms with Crippen LogP contribution in [-0.4, -0.2) is 15.0 Å². The summed E-state index contributed by atoms with van der Waals surface area (Å²) in [6.07, 6.45) is 3.68. The van der Waals surface area contributed by atoms with Crippen molar-refractivity contribution in [3.63, 3.8) is 0 Å². The Morgan fingerprint density at radius 3 is 1.80 bits per heavy atom. The van der Waals surface area contributed by atoms with Crippen molar-refractivity contribution in [1.82, 2.24) is 15.0 Å². The third kappa shape index (κ3) is 5.56. The van der Waals surface area contributed by atoms with Crippen LogP contribution in [-0.2, 0) is 0 Å². The summed E-state index contributed by atoms with van der Waals surface area (Å²) in [4.78, 5) is 14.4. The average Bonchev–Trinajstić information content (AvgIpc) is 3.85. The van der Waals surface area contributed by atoms with E-state index in [4.69, 9.17) is 14.4 Å². The fraction of sp³-hybridized carbons (Fsp3) is 0. The van der Waals surface area contributed by atoms with E-state index in [1.54, 1.807) is 6.20 Å². The SMILES string of the molecule is c1ccc(-c2nc(-c3ccc(-c4cccnc4)cc3)cc(-c3ccc(-c4ccc(-c5ccc6sc7ccccc7c6c5)c5oc6ccccc6c45)cc3)n2)cc1. The van der Waals surface area contributed by atoms with E-state index >= 15 is 0 Å². The van der Waals surface area contributed by atoms with Gasteiger partial charge in [-0.3, -0.25) is 4.98 Å². The summed E-state index contributed by atoms with van der Waals surface area (Å²) >= 11 is 1.84. The molecule has 0 unspecified atom stereocenters. The first-order valence-corrected chi connectivity index (χ1v) is 19.5. The summed E-state index contributed by atoms with van der Waals surface area (Å²) < 4.78 is 9.29. The Kier molecular flexibility index (Phi) is 7.64. The maximum Gasteiger partial charge on any atom is 0.160 e. The lowest BCUT2D eigenvalue weighted by molar-refractivity contribution is 0.670. The van der Waals surface area contributed by atoms with Gasteiger partial charge in [0, 0.05) is 65.6 Å². The van der Waals surface area contributed by atoms with Gasteiger partial charge < -0.3 is 4.42 Å². The molecule has 4 heterocycles. The molecule has 0 radical (unpaired) electrons. The largest absolute Gasteiger partial charge is 0.455 e. The smallest absolute Gasteiger partial charge is 0.160 e. The number of hydrogen-bond acceptors (Lipinski definition) is 5. The zero-order valence-electron chi connectivity index (χ0n) is 30.1. The Morgan fingerprint density at radius 1 is 0.411 bits per heavy atom. The molecule has 4 nitrogen and oxygen atoms in total. The topological polar surface area (TPSA) is 51.8 Å². The summed E-state index contributed by atoms with van der Waals surface area (Å²) in [7, 11) is 0. The maximum absolute atomic E-state index is 6.70. The van der Waals surface area contributed by atoms with Crippen molar-refractivity contribution in [1.29, 1.82) is 0 Å². The quantitative estimate of drug-likeness (QED) is 0.171. The number of pyridine rings is 1. The molecule has 262 valence electrons. The van der Waals surface area contributed by atoms with Crippen LogP contribution in [0.1, 0.15) is 0 Å². The third-order valence-electron chi connectivity index (χ3n) is 10.6. The monoisotopic (exact) mass is 733 g/mol. The molecule has 0 bridgehead atoms. The number of benzene rings is 7. The van der Waals surface area contributed by atoms with Crippen molar-refractivity contribution in [2.75, 3.05) is 0 Å². The number of furan rings is 1. The molecule has 0 aliphatic heterocycles. The highest BCUT2D eigenvalue weighted by molar-refractivity contribution is 7.25. The lowest BCUT2D eigenvalue weighted by Gasteiger charge is -2.12. The second kappa shape index (κ2) is 13.3. The minimum Gasteiger partial charge on any atom is -0.455 e. The molecule has 11 rings (SSSR count). The van der Waals surface area contributed by atoms with Gasteiger partial charge in [0.05, 0.1) is 11.4 Å². The van der Waals surface area contributed by atoms with Crippen LogP contribution < -0.4 is 0 Å².